The van der Waals surface area contributed by atoms with E-state index in [1.165, 1.54) is 11.1 Å². The molecular formula is C21H29NO3. The number of amides is 1. The van der Waals surface area contributed by atoms with Crippen molar-refractivity contribution in [3.05, 3.63) is 35.1 Å². The van der Waals surface area contributed by atoms with Crippen LogP contribution >= 0.6 is 0 Å². The lowest BCUT2D eigenvalue weighted by atomic mass is 9.96. The summed E-state index contributed by atoms with van der Waals surface area (Å²) in [6, 6.07) is 4.37. The highest BCUT2D eigenvalue weighted by atomic mass is 16.5. The maximum atomic E-state index is 12.5. The van der Waals surface area contributed by atoms with E-state index in [9.17, 15) is 4.79 Å². The van der Waals surface area contributed by atoms with Crippen LogP contribution < -0.4 is 5.32 Å². The Morgan fingerprint density at radius 1 is 1.28 bits per heavy atom. The van der Waals surface area contributed by atoms with E-state index in [0.717, 1.165) is 42.4 Å². The SMILES string of the molecule is Cc1cc2occ(CC(=O)N[C@H]3CCO[C@H](CC(C)C)C3)c2cc1C. The summed E-state index contributed by atoms with van der Waals surface area (Å²) < 4.78 is 11.5. The highest BCUT2D eigenvalue weighted by molar-refractivity contribution is 5.88. The van der Waals surface area contributed by atoms with Gasteiger partial charge in [-0.15, -0.1) is 0 Å². The first-order valence-electron chi connectivity index (χ1n) is 9.30. The van der Waals surface area contributed by atoms with Crippen LogP contribution in [0.4, 0.5) is 0 Å². The van der Waals surface area contributed by atoms with Gasteiger partial charge in [-0.1, -0.05) is 13.8 Å². The Labute approximate surface area is 149 Å². The monoisotopic (exact) mass is 343 g/mol. The second kappa shape index (κ2) is 7.61. The minimum atomic E-state index is 0.0659. The molecule has 0 aliphatic carbocycles. The smallest absolute Gasteiger partial charge is 0.224 e. The normalized spacial score (nSPS) is 21.0. The molecule has 136 valence electrons. The van der Waals surface area contributed by atoms with Gasteiger partial charge in [-0.2, -0.15) is 0 Å². The summed E-state index contributed by atoms with van der Waals surface area (Å²) in [5, 5.41) is 4.23. The predicted molar refractivity (Wildman–Crippen MR) is 99.8 cm³/mol. The van der Waals surface area contributed by atoms with E-state index in [1.54, 1.807) is 6.26 Å². The molecule has 2 aromatic rings. The van der Waals surface area contributed by atoms with E-state index in [4.69, 9.17) is 9.15 Å². The molecule has 1 N–H and O–H groups in total. The van der Waals surface area contributed by atoms with Crippen LogP contribution in [0.3, 0.4) is 0 Å². The van der Waals surface area contributed by atoms with E-state index >= 15 is 0 Å². The van der Waals surface area contributed by atoms with Gasteiger partial charge in [0.05, 0.1) is 18.8 Å². The maximum Gasteiger partial charge on any atom is 0.224 e. The molecule has 1 fully saturated rings. The van der Waals surface area contributed by atoms with Crippen LogP contribution in [-0.4, -0.2) is 24.7 Å². The van der Waals surface area contributed by atoms with Gasteiger partial charge in [-0.05, 0) is 62.3 Å². The molecule has 1 aliphatic heterocycles. The molecule has 0 bridgehead atoms. The number of rotatable bonds is 5. The van der Waals surface area contributed by atoms with E-state index in [1.807, 2.05) is 6.07 Å². The van der Waals surface area contributed by atoms with Crippen LogP contribution in [-0.2, 0) is 16.0 Å². The van der Waals surface area contributed by atoms with Crippen LogP contribution in [0.1, 0.15) is 49.8 Å². The molecule has 0 radical (unpaired) electrons. The zero-order valence-corrected chi connectivity index (χ0v) is 15.7. The molecule has 1 saturated heterocycles. The summed E-state index contributed by atoms with van der Waals surface area (Å²) in [5.74, 6) is 0.680. The zero-order valence-electron chi connectivity index (χ0n) is 15.7. The van der Waals surface area contributed by atoms with E-state index in [-0.39, 0.29) is 18.1 Å². The Balaban J connectivity index is 1.62. The minimum absolute atomic E-state index is 0.0659. The topological polar surface area (TPSA) is 51.5 Å². The van der Waals surface area contributed by atoms with Crippen LogP contribution in [0, 0.1) is 19.8 Å². The molecular weight excluding hydrogens is 314 g/mol. The van der Waals surface area contributed by atoms with Crippen LogP contribution in [0.15, 0.2) is 22.8 Å². The van der Waals surface area contributed by atoms with Gasteiger partial charge in [0, 0.05) is 23.6 Å². The molecule has 3 rings (SSSR count). The predicted octanol–water partition coefficient (Wildman–Crippen LogP) is 4.30. The van der Waals surface area contributed by atoms with Crippen molar-refractivity contribution < 1.29 is 13.9 Å². The number of nitrogens with one attached hydrogen (secondary N) is 1. The number of aryl methyl sites for hydroxylation is 2. The molecule has 2 atom stereocenters. The molecule has 0 unspecified atom stereocenters. The molecule has 1 aromatic carbocycles. The zero-order chi connectivity index (χ0) is 18.0. The van der Waals surface area contributed by atoms with Crippen molar-refractivity contribution >= 4 is 16.9 Å². The van der Waals surface area contributed by atoms with Crippen molar-refractivity contribution in [2.24, 2.45) is 5.92 Å². The molecule has 2 heterocycles. The van der Waals surface area contributed by atoms with E-state index < -0.39 is 0 Å². The molecule has 0 saturated carbocycles. The van der Waals surface area contributed by atoms with Crippen molar-refractivity contribution in [3.8, 4) is 0 Å². The fourth-order valence-electron chi connectivity index (χ4n) is 3.63. The number of hydrogen-bond donors (Lipinski definition) is 1. The lowest BCUT2D eigenvalue weighted by molar-refractivity contribution is -0.122. The Morgan fingerprint density at radius 2 is 2.04 bits per heavy atom. The van der Waals surface area contributed by atoms with Crippen molar-refractivity contribution in [2.45, 2.75) is 65.5 Å². The van der Waals surface area contributed by atoms with Gasteiger partial charge >= 0.3 is 0 Å². The van der Waals surface area contributed by atoms with Gasteiger partial charge in [0.2, 0.25) is 5.91 Å². The van der Waals surface area contributed by atoms with Gasteiger partial charge in [0.25, 0.3) is 0 Å². The minimum Gasteiger partial charge on any atom is -0.464 e. The Bertz CT molecular complexity index is 747. The third-order valence-corrected chi connectivity index (χ3v) is 5.09. The Kier molecular flexibility index (Phi) is 5.48. The molecule has 4 heteroatoms. The fraction of sp³-hybridized carbons (Fsp3) is 0.571. The summed E-state index contributed by atoms with van der Waals surface area (Å²) in [4.78, 5) is 12.5. The van der Waals surface area contributed by atoms with E-state index in [0.29, 0.717) is 12.3 Å². The summed E-state index contributed by atoms with van der Waals surface area (Å²) in [6.07, 6.45) is 5.20. The standard InChI is InChI=1S/C21H29NO3/c1-13(2)7-18-11-17(5-6-24-18)22-21(23)10-16-12-25-20-9-15(4)14(3)8-19(16)20/h8-9,12-13,17-18H,5-7,10-11H2,1-4H3,(H,22,23)/t17-,18+/m0/s1. The van der Waals surface area contributed by atoms with Gasteiger partial charge in [-0.25, -0.2) is 0 Å². The van der Waals surface area contributed by atoms with Gasteiger partial charge < -0.3 is 14.5 Å². The first-order valence-corrected chi connectivity index (χ1v) is 9.30. The van der Waals surface area contributed by atoms with Gasteiger partial charge in [0.15, 0.2) is 0 Å². The van der Waals surface area contributed by atoms with Crippen LogP contribution in [0.2, 0.25) is 0 Å². The molecule has 1 aliphatic rings. The molecule has 4 nitrogen and oxygen atoms in total. The van der Waals surface area contributed by atoms with E-state index in [2.05, 4.69) is 39.1 Å². The van der Waals surface area contributed by atoms with Crippen molar-refractivity contribution in [1.29, 1.82) is 0 Å². The number of carbonyl (C=O) groups is 1. The third-order valence-electron chi connectivity index (χ3n) is 5.09. The lowest BCUT2D eigenvalue weighted by Crippen LogP contribution is -2.42. The fourth-order valence-corrected chi connectivity index (χ4v) is 3.63. The largest absolute Gasteiger partial charge is 0.464 e. The summed E-state index contributed by atoms with van der Waals surface area (Å²) in [5.41, 5.74) is 4.24. The molecule has 0 spiro atoms. The number of benzene rings is 1. The molecule has 1 aromatic heterocycles. The number of ether oxygens (including phenoxy) is 1. The number of carbonyl (C=O) groups excluding carboxylic acids is 1. The number of fused-ring (bicyclic) bond motifs is 1. The van der Waals surface area contributed by atoms with Crippen molar-refractivity contribution in [3.63, 3.8) is 0 Å². The van der Waals surface area contributed by atoms with Crippen molar-refractivity contribution in [2.75, 3.05) is 6.61 Å². The lowest BCUT2D eigenvalue weighted by Gasteiger charge is -2.31. The maximum absolute atomic E-state index is 12.5. The number of furan rings is 1. The second-order valence-electron chi connectivity index (χ2n) is 7.78. The van der Waals surface area contributed by atoms with Crippen LogP contribution in [0.5, 0.6) is 0 Å². The molecule has 1 amide bonds. The summed E-state index contributed by atoms with van der Waals surface area (Å²) >= 11 is 0. The summed E-state index contributed by atoms with van der Waals surface area (Å²) in [7, 11) is 0. The van der Waals surface area contributed by atoms with Gasteiger partial charge in [0.1, 0.15) is 5.58 Å². The van der Waals surface area contributed by atoms with Crippen LogP contribution in [0.25, 0.3) is 11.0 Å². The first-order chi connectivity index (χ1) is 11.9. The van der Waals surface area contributed by atoms with Crippen molar-refractivity contribution in [1.82, 2.24) is 5.32 Å². The highest BCUT2D eigenvalue weighted by Crippen LogP contribution is 2.25. The average Bonchev–Trinajstić information content (AvgIpc) is 2.89. The molecule has 25 heavy (non-hydrogen) atoms. The van der Waals surface area contributed by atoms with Gasteiger partial charge in [-0.3, -0.25) is 4.79 Å². The average molecular weight is 343 g/mol. The number of hydrogen-bond acceptors (Lipinski definition) is 3. The highest BCUT2D eigenvalue weighted by Gasteiger charge is 2.24. The second-order valence-corrected chi connectivity index (χ2v) is 7.78. The quantitative estimate of drug-likeness (QED) is 0.880. The first kappa shape index (κ1) is 18.0. The Hall–Kier alpha value is -1.81. The Morgan fingerprint density at radius 3 is 2.80 bits per heavy atom. The summed E-state index contributed by atoms with van der Waals surface area (Å²) in [6.45, 7) is 9.30. The third kappa shape index (κ3) is 4.43.